The zero-order chi connectivity index (χ0) is 13.8. The van der Waals surface area contributed by atoms with Gasteiger partial charge in [-0.25, -0.2) is 0 Å². The van der Waals surface area contributed by atoms with Crippen molar-refractivity contribution in [2.24, 2.45) is 5.92 Å². The number of carbonyl (C=O) groups excluding carboxylic acids is 1. The number of carbonyl (C=O) groups is 1. The Morgan fingerprint density at radius 1 is 1.21 bits per heavy atom. The van der Waals surface area contributed by atoms with Gasteiger partial charge in [-0.1, -0.05) is 19.3 Å². The molecule has 0 unspecified atom stereocenters. The van der Waals surface area contributed by atoms with E-state index in [1.54, 1.807) is 12.1 Å². The summed E-state index contributed by atoms with van der Waals surface area (Å²) in [6.45, 7) is 0. The maximum Gasteiger partial charge on any atom is 0.224 e. The van der Waals surface area contributed by atoms with E-state index < -0.39 is 0 Å². The van der Waals surface area contributed by atoms with Gasteiger partial charge in [-0.3, -0.25) is 4.79 Å². The van der Waals surface area contributed by atoms with Crippen LogP contribution in [0.2, 0.25) is 0 Å². The van der Waals surface area contributed by atoms with Crippen LogP contribution >= 0.6 is 31.9 Å². The van der Waals surface area contributed by atoms with Crippen molar-refractivity contribution in [2.75, 3.05) is 11.1 Å². The molecule has 0 bridgehead atoms. The molecule has 0 atom stereocenters. The molecule has 1 fully saturated rings. The molecule has 3 nitrogen and oxygen atoms in total. The molecule has 1 aliphatic carbocycles. The Balaban J connectivity index is 1.98. The molecule has 5 heteroatoms. The fraction of sp³-hybridized carbons (Fsp3) is 0.500. The van der Waals surface area contributed by atoms with E-state index in [1.807, 2.05) is 0 Å². The van der Waals surface area contributed by atoms with Crippen LogP contribution in [0.3, 0.4) is 0 Å². The third-order valence-corrected chi connectivity index (χ3v) is 4.78. The van der Waals surface area contributed by atoms with Crippen LogP contribution in [0.5, 0.6) is 0 Å². The van der Waals surface area contributed by atoms with Crippen LogP contribution in [0.4, 0.5) is 11.4 Å². The SMILES string of the molecule is Nc1cc(Br)c(NC(=O)CC2CCCCC2)c(Br)c1. The van der Waals surface area contributed by atoms with Crippen molar-refractivity contribution in [1.82, 2.24) is 0 Å². The number of nitrogens with one attached hydrogen (secondary N) is 1. The van der Waals surface area contributed by atoms with Gasteiger partial charge >= 0.3 is 0 Å². The fourth-order valence-electron chi connectivity index (χ4n) is 2.56. The van der Waals surface area contributed by atoms with Gasteiger partial charge in [0.2, 0.25) is 5.91 Å². The first-order chi connectivity index (χ1) is 9.06. The van der Waals surface area contributed by atoms with Crippen molar-refractivity contribution < 1.29 is 4.79 Å². The highest BCUT2D eigenvalue weighted by Crippen LogP contribution is 2.34. The number of hydrogen-bond acceptors (Lipinski definition) is 2. The summed E-state index contributed by atoms with van der Waals surface area (Å²) in [4.78, 5) is 12.1. The quantitative estimate of drug-likeness (QED) is 0.736. The molecule has 0 saturated heterocycles. The summed E-state index contributed by atoms with van der Waals surface area (Å²) >= 11 is 6.85. The molecule has 0 heterocycles. The van der Waals surface area contributed by atoms with E-state index in [0.29, 0.717) is 18.0 Å². The smallest absolute Gasteiger partial charge is 0.224 e. The summed E-state index contributed by atoms with van der Waals surface area (Å²) < 4.78 is 1.60. The maximum absolute atomic E-state index is 12.1. The number of amides is 1. The topological polar surface area (TPSA) is 55.1 Å². The normalized spacial score (nSPS) is 16.3. The van der Waals surface area contributed by atoms with E-state index in [0.717, 1.165) is 14.6 Å². The first kappa shape index (κ1) is 14.9. The summed E-state index contributed by atoms with van der Waals surface area (Å²) in [6.07, 6.45) is 6.80. The first-order valence-corrected chi connectivity index (χ1v) is 8.19. The number of hydrogen-bond donors (Lipinski definition) is 2. The van der Waals surface area contributed by atoms with Crippen molar-refractivity contribution in [2.45, 2.75) is 38.5 Å². The Morgan fingerprint density at radius 3 is 2.37 bits per heavy atom. The average molecular weight is 390 g/mol. The van der Waals surface area contributed by atoms with Crippen molar-refractivity contribution in [3.8, 4) is 0 Å². The van der Waals surface area contributed by atoms with Gasteiger partial charge in [0.05, 0.1) is 5.69 Å². The predicted molar refractivity (Wildman–Crippen MR) is 86.1 cm³/mol. The van der Waals surface area contributed by atoms with Crippen LogP contribution in [0.15, 0.2) is 21.1 Å². The Bertz CT molecular complexity index is 448. The van der Waals surface area contributed by atoms with Gasteiger partial charge in [0, 0.05) is 21.1 Å². The number of nitrogens with two attached hydrogens (primary N) is 1. The standard InChI is InChI=1S/C14H18Br2N2O/c15-11-7-10(17)8-12(16)14(11)18-13(19)6-9-4-2-1-3-5-9/h7-9H,1-6,17H2,(H,18,19). The molecule has 2 rings (SSSR count). The van der Waals surface area contributed by atoms with E-state index in [1.165, 1.54) is 32.1 Å². The third kappa shape index (κ3) is 4.21. The average Bonchev–Trinajstić information content (AvgIpc) is 2.35. The van der Waals surface area contributed by atoms with E-state index >= 15 is 0 Å². The minimum Gasteiger partial charge on any atom is -0.399 e. The van der Waals surface area contributed by atoms with E-state index in [2.05, 4.69) is 37.2 Å². The highest BCUT2D eigenvalue weighted by atomic mass is 79.9. The second-order valence-corrected chi connectivity index (χ2v) is 6.82. The van der Waals surface area contributed by atoms with Gasteiger partial charge in [0.15, 0.2) is 0 Å². The summed E-state index contributed by atoms with van der Waals surface area (Å²) in [5.41, 5.74) is 7.15. The summed E-state index contributed by atoms with van der Waals surface area (Å²) in [5.74, 6) is 0.623. The Labute approximate surface area is 130 Å². The van der Waals surface area contributed by atoms with Crippen LogP contribution in [0.1, 0.15) is 38.5 Å². The number of benzene rings is 1. The predicted octanol–water partition coefficient (Wildman–Crippen LogP) is 4.70. The number of nitrogen functional groups attached to an aromatic ring is 1. The van der Waals surface area contributed by atoms with Crippen LogP contribution in [-0.2, 0) is 4.79 Å². The number of rotatable bonds is 3. The van der Waals surface area contributed by atoms with Crippen LogP contribution in [-0.4, -0.2) is 5.91 Å². The Hall–Kier alpha value is -0.550. The molecular formula is C14H18Br2N2O. The number of halogens is 2. The second-order valence-electron chi connectivity index (χ2n) is 5.12. The van der Waals surface area contributed by atoms with Crippen LogP contribution in [0.25, 0.3) is 0 Å². The van der Waals surface area contributed by atoms with E-state index in [4.69, 9.17) is 5.73 Å². The molecule has 3 N–H and O–H groups in total. The minimum atomic E-state index is 0.0815. The molecule has 19 heavy (non-hydrogen) atoms. The van der Waals surface area contributed by atoms with E-state index in [-0.39, 0.29) is 5.91 Å². The van der Waals surface area contributed by atoms with Gasteiger partial charge in [-0.2, -0.15) is 0 Å². The maximum atomic E-state index is 12.1. The van der Waals surface area contributed by atoms with E-state index in [9.17, 15) is 4.79 Å². The van der Waals surface area contributed by atoms with Gasteiger partial charge in [0.25, 0.3) is 0 Å². The first-order valence-electron chi connectivity index (χ1n) is 6.60. The lowest BCUT2D eigenvalue weighted by atomic mass is 9.87. The molecule has 0 aromatic heterocycles. The summed E-state index contributed by atoms with van der Waals surface area (Å²) in [5, 5.41) is 2.96. The molecule has 1 aromatic carbocycles. The largest absolute Gasteiger partial charge is 0.399 e. The third-order valence-electron chi connectivity index (χ3n) is 3.53. The molecule has 1 saturated carbocycles. The zero-order valence-electron chi connectivity index (χ0n) is 10.7. The van der Waals surface area contributed by atoms with Crippen molar-refractivity contribution in [3.63, 3.8) is 0 Å². The van der Waals surface area contributed by atoms with Crippen LogP contribution < -0.4 is 11.1 Å². The number of anilines is 2. The molecule has 1 amide bonds. The summed E-state index contributed by atoms with van der Waals surface area (Å²) in [6, 6.07) is 3.59. The molecule has 1 aliphatic rings. The van der Waals surface area contributed by atoms with Gasteiger partial charge in [-0.05, 0) is 62.8 Å². The van der Waals surface area contributed by atoms with Crippen molar-refractivity contribution in [1.29, 1.82) is 0 Å². The Morgan fingerprint density at radius 2 is 1.79 bits per heavy atom. The van der Waals surface area contributed by atoms with Gasteiger partial charge < -0.3 is 11.1 Å². The van der Waals surface area contributed by atoms with Crippen molar-refractivity contribution >= 4 is 49.1 Å². The van der Waals surface area contributed by atoms with Crippen LogP contribution in [0, 0.1) is 5.92 Å². The lowest BCUT2D eigenvalue weighted by molar-refractivity contribution is -0.117. The second kappa shape index (κ2) is 6.75. The fourth-order valence-corrected chi connectivity index (χ4v) is 3.98. The molecule has 1 aromatic rings. The molecule has 0 spiro atoms. The van der Waals surface area contributed by atoms with Gasteiger partial charge in [-0.15, -0.1) is 0 Å². The highest BCUT2D eigenvalue weighted by Gasteiger charge is 2.18. The lowest BCUT2D eigenvalue weighted by Crippen LogP contribution is -2.18. The molecule has 0 aliphatic heterocycles. The zero-order valence-corrected chi connectivity index (χ0v) is 13.9. The highest BCUT2D eigenvalue weighted by molar-refractivity contribution is 9.11. The molecule has 0 radical (unpaired) electrons. The minimum absolute atomic E-state index is 0.0815. The monoisotopic (exact) mass is 388 g/mol. The molecule has 104 valence electrons. The molecular weight excluding hydrogens is 372 g/mol. The Kier molecular flexibility index (Phi) is 5.28. The lowest BCUT2D eigenvalue weighted by Gasteiger charge is -2.21. The van der Waals surface area contributed by atoms with Crippen molar-refractivity contribution in [3.05, 3.63) is 21.1 Å². The summed E-state index contributed by atoms with van der Waals surface area (Å²) in [7, 11) is 0. The van der Waals surface area contributed by atoms with Gasteiger partial charge in [0.1, 0.15) is 0 Å².